The van der Waals surface area contributed by atoms with Gasteiger partial charge in [0.15, 0.2) is 17.4 Å². The maximum atomic E-state index is 13.4. The fourth-order valence-electron chi connectivity index (χ4n) is 3.16. The second-order valence-electron chi connectivity index (χ2n) is 6.24. The minimum atomic E-state index is -1.02. The summed E-state index contributed by atoms with van der Waals surface area (Å²) in [6, 6.07) is 5.00. The van der Waals surface area contributed by atoms with Crippen LogP contribution in [0.3, 0.4) is 0 Å². The van der Waals surface area contributed by atoms with Gasteiger partial charge in [-0.25, -0.2) is 8.78 Å². The molecular weight excluding hydrogens is 344 g/mol. The van der Waals surface area contributed by atoms with Crippen molar-refractivity contribution in [2.45, 2.75) is 18.9 Å². The molecule has 7 nitrogen and oxygen atoms in total. The molecule has 1 aromatic heterocycles. The number of nitrogens with zero attached hydrogens (tertiary/aromatic N) is 3. The SMILES string of the molecule is O=C(c1ccc(F)c(F)c1)N1CCCC(N2C=C(c3ccn[nH]3)ON2)C1. The highest BCUT2D eigenvalue weighted by Crippen LogP contribution is 2.24. The second-order valence-corrected chi connectivity index (χ2v) is 6.24. The third-order valence-electron chi connectivity index (χ3n) is 4.53. The average Bonchev–Trinajstić information content (AvgIpc) is 3.35. The van der Waals surface area contributed by atoms with Gasteiger partial charge in [0, 0.05) is 24.8 Å². The minimum absolute atomic E-state index is 0.00147. The van der Waals surface area contributed by atoms with E-state index in [1.807, 2.05) is 6.20 Å². The van der Waals surface area contributed by atoms with Crippen molar-refractivity contribution >= 4 is 11.7 Å². The normalized spacial score (nSPS) is 20.1. The van der Waals surface area contributed by atoms with E-state index >= 15 is 0 Å². The Morgan fingerprint density at radius 2 is 2.15 bits per heavy atom. The summed E-state index contributed by atoms with van der Waals surface area (Å²) in [4.78, 5) is 19.7. The third kappa shape index (κ3) is 3.13. The first-order valence-corrected chi connectivity index (χ1v) is 8.28. The van der Waals surface area contributed by atoms with Crippen molar-refractivity contribution in [1.29, 1.82) is 0 Å². The number of carbonyl (C=O) groups excluding carboxylic acids is 1. The van der Waals surface area contributed by atoms with Gasteiger partial charge in [-0.05, 0) is 37.1 Å². The number of H-pyrrole nitrogens is 1. The van der Waals surface area contributed by atoms with E-state index in [1.54, 1.807) is 22.2 Å². The molecule has 2 aliphatic heterocycles. The number of rotatable bonds is 3. The molecule has 0 aliphatic carbocycles. The number of aromatic amines is 1. The van der Waals surface area contributed by atoms with Gasteiger partial charge >= 0.3 is 0 Å². The van der Waals surface area contributed by atoms with Crippen LogP contribution in [0.15, 0.2) is 36.7 Å². The van der Waals surface area contributed by atoms with E-state index in [1.165, 1.54) is 6.07 Å². The Labute approximate surface area is 148 Å². The van der Waals surface area contributed by atoms with Crippen LogP contribution >= 0.6 is 0 Å². The molecule has 0 radical (unpaired) electrons. The summed E-state index contributed by atoms with van der Waals surface area (Å²) in [6.07, 6.45) is 5.10. The van der Waals surface area contributed by atoms with E-state index in [2.05, 4.69) is 15.8 Å². The van der Waals surface area contributed by atoms with Crippen molar-refractivity contribution in [1.82, 2.24) is 25.7 Å². The maximum Gasteiger partial charge on any atom is 0.254 e. The molecule has 2 aliphatic rings. The zero-order valence-corrected chi connectivity index (χ0v) is 13.8. The highest BCUT2D eigenvalue weighted by molar-refractivity contribution is 5.94. The Kier molecular flexibility index (Phi) is 4.29. The van der Waals surface area contributed by atoms with Crippen molar-refractivity contribution < 1.29 is 18.4 Å². The fraction of sp³-hybridized carbons (Fsp3) is 0.294. The van der Waals surface area contributed by atoms with Crippen molar-refractivity contribution in [3.05, 3.63) is 59.6 Å². The molecule has 1 fully saturated rings. The van der Waals surface area contributed by atoms with Gasteiger partial charge in [0.05, 0.1) is 12.2 Å². The zero-order valence-electron chi connectivity index (χ0n) is 13.8. The summed E-state index contributed by atoms with van der Waals surface area (Å²) in [5, 5.41) is 8.51. The van der Waals surface area contributed by atoms with Gasteiger partial charge in [-0.3, -0.25) is 14.9 Å². The number of hydrogen-bond acceptors (Lipinski definition) is 5. The molecule has 9 heteroatoms. The molecule has 1 unspecified atom stereocenters. The van der Waals surface area contributed by atoms with Crippen molar-refractivity contribution in [2.24, 2.45) is 0 Å². The van der Waals surface area contributed by atoms with Crippen molar-refractivity contribution in [3.8, 4) is 0 Å². The highest BCUT2D eigenvalue weighted by atomic mass is 19.2. The monoisotopic (exact) mass is 361 g/mol. The average molecular weight is 361 g/mol. The van der Waals surface area contributed by atoms with Crippen LogP contribution in [0.25, 0.3) is 5.76 Å². The van der Waals surface area contributed by atoms with Gasteiger partial charge in [0.1, 0.15) is 5.69 Å². The number of benzene rings is 1. The predicted molar refractivity (Wildman–Crippen MR) is 87.9 cm³/mol. The van der Waals surface area contributed by atoms with Crippen LogP contribution in [0.1, 0.15) is 28.9 Å². The Balaban J connectivity index is 1.46. The molecule has 4 rings (SSSR count). The molecule has 1 aromatic carbocycles. The first-order chi connectivity index (χ1) is 12.6. The lowest BCUT2D eigenvalue weighted by Gasteiger charge is -2.36. The van der Waals surface area contributed by atoms with Gasteiger partial charge in [-0.1, -0.05) is 5.59 Å². The summed E-state index contributed by atoms with van der Waals surface area (Å²) >= 11 is 0. The Hall–Kier alpha value is -2.94. The lowest BCUT2D eigenvalue weighted by Crippen LogP contribution is -2.50. The number of amides is 1. The molecule has 2 aromatic rings. The van der Waals surface area contributed by atoms with E-state index in [4.69, 9.17) is 4.84 Å². The van der Waals surface area contributed by atoms with E-state index in [-0.39, 0.29) is 17.5 Å². The van der Waals surface area contributed by atoms with Crippen molar-refractivity contribution in [3.63, 3.8) is 0 Å². The van der Waals surface area contributed by atoms with Crippen molar-refractivity contribution in [2.75, 3.05) is 13.1 Å². The largest absolute Gasteiger partial charge is 0.385 e. The Morgan fingerprint density at radius 3 is 2.92 bits per heavy atom. The summed E-state index contributed by atoms with van der Waals surface area (Å²) in [6.45, 7) is 1.01. The van der Waals surface area contributed by atoms with Crippen LogP contribution in [0.5, 0.6) is 0 Å². The van der Waals surface area contributed by atoms with Gasteiger partial charge < -0.3 is 9.74 Å². The summed E-state index contributed by atoms with van der Waals surface area (Å²) < 4.78 is 26.5. The lowest BCUT2D eigenvalue weighted by atomic mass is 10.0. The van der Waals surface area contributed by atoms with Gasteiger partial charge in [-0.15, -0.1) is 0 Å². The first-order valence-electron chi connectivity index (χ1n) is 8.28. The molecule has 1 atom stereocenters. The predicted octanol–water partition coefficient (Wildman–Crippen LogP) is 2.04. The molecule has 1 amide bonds. The highest BCUT2D eigenvalue weighted by Gasteiger charge is 2.31. The van der Waals surface area contributed by atoms with Crippen LogP contribution in [0.4, 0.5) is 8.78 Å². The number of hydrazine groups is 1. The zero-order chi connectivity index (χ0) is 18.1. The Bertz CT molecular complexity index is 840. The van der Waals surface area contributed by atoms with Crippen LogP contribution in [-0.2, 0) is 4.84 Å². The van der Waals surface area contributed by atoms with E-state index in [0.29, 0.717) is 18.8 Å². The minimum Gasteiger partial charge on any atom is -0.385 e. The fourth-order valence-corrected chi connectivity index (χ4v) is 3.16. The molecule has 26 heavy (non-hydrogen) atoms. The smallest absolute Gasteiger partial charge is 0.254 e. The molecular formula is C17H17F2N5O2. The van der Waals surface area contributed by atoms with Gasteiger partial charge in [-0.2, -0.15) is 5.10 Å². The standard InChI is InChI=1S/C17H17F2N5O2/c18-13-4-3-11(8-14(13)19)17(25)23-7-1-2-12(9-23)24-10-16(26-22-24)15-5-6-20-21-15/h3-6,8,10,12,22H,1-2,7,9H2,(H,20,21). The topological polar surface area (TPSA) is 73.5 Å². The van der Waals surface area contributed by atoms with Crippen LogP contribution < -0.4 is 5.59 Å². The number of halogens is 2. The van der Waals surface area contributed by atoms with Crippen LogP contribution in [0.2, 0.25) is 0 Å². The van der Waals surface area contributed by atoms with Gasteiger partial charge in [0.25, 0.3) is 5.91 Å². The molecule has 1 saturated heterocycles. The molecule has 0 saturated carbocycles. The van der Waals surface area contributed by atoms with E-state index in [9.17, 15) is 13.6 Å². The maximum absolute atomic E-state index is 13.4. The lowest BCUT2D eigenvalue weighted by molar-refractivity contribution is -0.00255. The number of carbonyl (C=O) groups is 1. The molecule has 0 bridgehead atoms. The summed E-state index contributed by atoms with van der Waals surface area (Å²) in [5.41, 5.74) is 3.71. The second kappa shape index (κ2) is 6.75. The van der Waals surface area contributed by atoms with E-state index in [0.717, 1.165) is 30.7 Å². The molecule has 2 N–H and O–H groups in total. The van der Waals surface area contributed by atoms with E-state index < -0.39 is 11.6 Å². The van der Waals surface area contributed by atoms with Crippen LogP contribution in [0, 0.1) is 11.6 Å². The number of piperidine rings is 1. The summed E-state index contributed by atoms with van der Waals surface area (Å²) in [7, 11) is 0. The number of aromatic nitrogens is 2. The number of nitrogens with one attached hydrogen (secondary N) is 2. The third-order valence-corrected chi connectivity index (χ3v) is 4.53. The number of likely N-dealkylation sites (tertiary alicyclic amines) is 1. The Morgan fingerprint density at radius 1 is 1.27 bits per heavy atom. The molecule has 0 spiro atoms. The summed E-state index contributed by atoms with van der Waals surface area (Å²) in [5.74, 6) is -1.70. The van der Waals surface area contributed by atoms with Gasteiger partial charge in [0.2, 0.25) is 0 Å². The molecule has 3 heterocycles. The van der Waals surface area contributed by atoms with Crippen LogP contribution in [-0.4, -0.2) is 45.1 Å². The first kappa shape index (κ1) is 16.5. The quantitative estimate of drug-likeness (QED) is 0.875. The number of hydrogen-bond donors (Lipinski definition) is 2. The molecule has 136 valence electrons.